The quantitative estimate of drug-likeness (QED) is 0.316. The number of rotatable bonds is 5. The molecule has 6 nitrogen and oxygen atoms in total. The minimum Gasteiger partial charge on any atom is -0.461 e. The minimum absolute atomic E-state index is 0.144. The van der Waals surface area contributed by atoms with Crippen molar-refractivity contribution < 1.29 is 14.3 Å². The highest BCUT2D eigenvalue weighted by Gasteiger charge is 2.60. The van der Waals surface area contributed by atoms with Crippen molar-refractivity contribution in [1.82, 2.24) is 0 Å². The largest absolute Gasteiger partial charge is 0.461 e. The van der Waals surface area contributed by atoms with Crippen molar-refractivity contribution in [1.29, 1.82) is 0 Å². The van der Waals surface area contributed by atoms with Crippen LogP contribution in [0.15, 0.2) is 82.1 Å². The van der Waals surface area contributed by atoms with Crippen molar-refractivity contribution >= 4 is 69.2 Å². The number of thioether (sulfide) groups is 2. The summed E-state index contributed by atoms with van der Waals surface area (Å²) in [4.78, 5) is 29.9. The summed E-state index contributed by atoms with van der Waals surface area (Å²) in [6, 6.07) is 21.3. The van der Waals surface area contributed by atoms with Crippen LogP contribution in [0, 0.1) is 6.92 Å². The van der Waals surface area contributed by atoms with Crippen molar-refractivity contribution in [3.63, 3.8) is 0 Å². The Morgan fingerprint density at radius 3 is 2.47 bits per heavy atom. The van der Waals surface area contributed by atoms with Gasteiger partial charge in [0.05, 0.1) is 17.2 Å². The van der Waals surface area contributed by atoms with Crippen molar-refractivity contribution in [2.45, 2.75) is 18.2 Å². The molecular weight excluding hydrogens is 486 g/mol. The lowest BCUT2D eigenvalue weighted by atomic mass is 10.2. The van der Waals surface area contributed by atoms with Gasteiger partial charge in [0.15, 0.2) is 0 Å². The molecule has 9 heteroatoms. The maximum Gasteiger partial charge on any atom is 0.365 e. The van der Waals surface area contributed by atoms with E-state index < -0.39 is 10.3 Å². The van der Waals surface area contributed by atoms with Gasteiger partial charge in [0.25, 0.3) is 5.91 Å². The van der Waals surface area contributed by atoms with Crippen LogP contribution in [-0.2, 0) is 14.3 Å². The van der Waals surface area contributed by atoms with E-state index in [1.807, 2.05) is 85.1 Å². The minimum atomic E-state index is -1.06. The molecule has 0 saturated carbocycles. The van der Waals surface area contributed by atoms with E-state index in [1.54, 1.807) is 28.2 Å². The van der Waals surface area contributed by atoms with Crippen molar-refractivity contribution in [3.05, 3.63) is 87.5 Å². The Hall–Kier alpha value is -3.01. The first kappa shape index (κ1) is 22.8. The predicted molar refractivity (Wildman–Crippen MR) is 142 cm³/mol. The molecule has 34 heavy (non-hydrogen) atoms. The van der Waals surface area contributed by atoms with Crippen LogP contribution in [0.25, 0.3) is 6.08 Å². The van der Waals surface area contributed by atoms with Crippen LogP contribution in [0.3, 0.4) is 0 Å². The van der Waals surface area contributed by atoms with Crippen LogP contribution in [0.4, 0.5) is 11.4 Å². The molecule has 1 fully saturated rings. The lowest BCUT2D eigenvalue weighted by Gasteiger charge is -2.38. The van der Waals surface area contributed by atoms with E-state index in [1.165, 1.54) is 23.5 Å². The monoisotopic (exact) mass is 507 g/mol. The zero-order valence-electron chi connectivity index (χ0n) is 18.5. The van der Waals surface area contributed by atoms with Gasteiger partial charge in [-0.25, -0.2) is 9.80 Å². The Labute approximate surface area is 210 Å². The summed E-state index contributed by atoms with van der Waals surface area (Å²) in [7, 11) is 0. The fourth-order valence-electron chi connectivity index (χ4n) is 3.65. The molecule has 3 heterocycles. The SMILES string of the molecule is CCOC(=O)C1=NN(c2ccc(C)cc2)C2(S1)S/C(=C/c1cccs1)C(=O)N2c1ccccc1. The number of hydrogen-bond acceptors (Lipinski definition) is 8. The maximum absolute atomic E-state index is 13.9. The first-order valence-corrected chi connectivity index (χ1v) is 13.2. The van der Waals surface area contributed by atoms with E-state index in [4.69, 9.17) is 4.74 Å². The van der Waals surface area contributed by atoms with Crippen molar-refractivity contribution in [2.75, 3.05) is 16.5 Å². The van der Waals surface area contributed by atoms with E-state index in [0.717, 1.165) is 21.8 Å². The molecule has 5 rings (SSSR count). The smallest absolute Gasteiger partial charge is 0.365 e. The van der Waals surface area contributed by atoms with Crippen molar-refractivity contribution in [2.24, 2.45) is 5.10 Å². The highest BCUT2D eigenvalue weighted by atomic mass is 32.2. The lowest BCUT2D eigenvalue weighted by Crippen LogP contribution is -2.51. The average molecular weight is 508 g/mol. The molecule has 1 atom stereocenters. The zero-order chi connectivity index (χ0) is 23.7. The van der Waals surface area contributed by atoms with Crippen LogP contribution in [-0.4, -0.2) is 27.9 Å². The van der Waals surface area contributed by atoms with Gasteiger partial charge < -0.3 is 4.74 Å². The van der Waals surface area contributed by atoms with Gasteiger partial charge in [-0.05, 0) is 67.4 Å². The number of carbonyl (C=O) groups excluding carboxylic acids is 2. The van der Waals surface area contributed by atoms with Crippen LogP contribution in [0.1, 0.15) is 17.4 Å². The molecule has 1 amide bonds. The van der Waals surface area contributed by atoms with E-state index in [2.05, 4.69) is 5.10 Å². The molecule has 0 bridgehead atoms. The van der Waals surface area contributed by atoms with Crippen molar-refractivity contribution in [3.8, 4) is 0 Å². The van der Waals surface area contributed by atoms with Gasteiger partial charge in [-0.3, -0.25) is 9.69 Å². The number of para-hydroxylation sites is 1. The number of amides is 1. The summed E-state index contributed by atoms with van der Waals surface area (Å²) < 4.78 is 4.21. The summed E-state index contributed by atoms with van der Waals surface area (Å²) in [5.41, 5.74) is 2.60. The maximum atomic E-state index is 13.9. The fourth-order valence-corrected chi connectivity index (χ4v) is 7.25. The molecule has 2 aromatic carbocycles. The molecule has 0 aliphatic carbocycles. The molecule has 1 unspecified atom stereocenters. The number of aryl methyl sites for hydroxylation is 1. The second-order valence-electron chi connectivity index (χ2n) is 7.53. The Morgan fingerprint density at radius 1 is 1.03 bits per heavy atom. The molecule has 3 aromatic rings. The molecule has 172 valence electrons. The van der Waals surface area contributed by atoms with E-state index in [0.29, 0.717) is 4.91 Å². The number of hydrazone groups is 1. The van der Waals surface area contributed by atoms with Gasteiger partial charge in [-0.1, -0.05) is 53.7 Å². The standard InChI is InChI=1S/C25H21N3O3S3/c1-3-31-24(30)22-26-28(19-13-11-17(2)12-14-19)25(34-22)27(18-8-5-4-6-9-18)23(29)21(33-25)16-20-10-7-15-32-20/h4-16H,3H2,1-2H3/b21-16+. The topological polar surface area (TPSA) is 62.2 Å². The van der Waals surface area contributed by atoms with Gasteiger partial charge >= 0.3 is 5.97 Å². The Morgan fingerprint density at radius 2 is 1.79 bits per heavy atom. The fraction of sp³-hybridized carbons (Fsp3) is 0.160. The number of thiophene rings is 1. The highest BCUT2D eigenvalue weighted by molar-refractivity contribution is 8.29. The van der Waals surface area contributed by atoms with Gasteiger partial charge in [-0.15, -0.1) is 11.3 Å². The van der Waals surface area contributed by atoms with Crippen LogP contribution in [0.5, 0.6) is 0 Å². The number of nitrogens with zero attached hydrogens (tertiary/aromatic N) is 3. The summed E-state index contributed by atoms with van der Waals surface area (Å²) in [6.07, 6.45) is 1.90. The summed E-state index contributed by atoms with van der Waals surface area (Å²) in [5.74, 6) is -0.646. The van der Waals surface area contributed by atoms with Gasteiger partial charge in [-0.2, -0.15) is 5.10 Å². The number of esters is 1. The third-order valence-corrected chi connectivity index (χ3v) is 8.70. The molecule has 2 aliphatic rings. The van der Waals surface area contributed by atoms with E-state index in [-0.39, 0.29) is 17.6 Å². The predicted octanol–water partition coefficient (Wildman–Crippen LogP) is 5.92. The number of anilines is 2. The molecule has 0 N–H and O–H groups in total. The highest BCUT2D eigenvalue weighted by Crippen LogP contribution is 2.59. The number of carbonyl (C=O) groups is 2. The lowest BCUT2D eigenvalue weighted by molar-refractivity contribution is -0.134. The summed E-state index contributed by atoms with van der Waals surface area (Å²) >= 11 is 4.18. The first-order valence-electron chi connectivity index (χ1n) is 10.7. The normalized spacial score (nSPS) is 20.9. The number of ether oxygens (including phenoxy) is 1. The summed E-state index contributed by atoms with van der Waals surface area (Å²) in [5, 5.41) is 8.63. The third-order valence-electron chi connectivity index (χ3n) is 5.19. The van der Waals surface area contributed by atoms with Gasteiger partial charge in [0.1, 0.15) is 0 Å². The van der Waals surface area contributed by atoms with E-state index >= 15 is 0 Å². The van der Waals surface area contributed by atoms with Gasteiger partial charge in [0.2, 0.25) is 9.37 Å². The Kier molecular flexibility index (Phi) is 6.24. The molecule has 1 saturated heterocycles. The van der Waals surface area contributed by atoms with Gasteiger partial charge in [0, 0.05) is 10.6 Å². The van der Waals surface area contributed by atoms with Crippen LogP contribution >= 0.6 is 34.9 Å². The molecular formula is C25H21N3O3S3. The third kappa shape index (κ3) is 4.04. The van der Waals surface area contributed by atoms with E-state index in [9.17, 15) is 9.59 Å². The second-order valence-corrected chi connectivity index (χ2v) is 11.1. The average Bonchev–Trinajstić information content (AvgIpc) is 3.55. The Balaban J connectivity index is 1.67. The zero-order valence-corrected chi connectivity index (χ0v) is 21.0. The van der Waals surface area contributed by atoms with Crippen LogP contribution < -0.4 is 9.91 Å². The summed E-state index contributed by atoms with van der Waals surface area (Å²) in [6.45, 7) is 4.02. The second kappa shape index (κ2) is 9.32. The molecule has 1 aromatic heterocycles. The number of hydrogen-bond donors (Lipinski definition) is 0. The molecule has 2 aliphatic heterocycles. The Bertz CT molecular complexity index is 1270. The first-order chi connectivity index (χ1) is 16.5. The number of benzene rings is 2. The molecule has 0 radical (unpaired) electrons. The molecule has 1 spiro atoms. The van der Waals surface area contributed by atoms with Crippen LogP contribution in [0.2, 0.25) is 0 Å².